The summed E-state index contributed by atoms with van der Waals surface area (Å²) in [5.74, 6) is 0. The molecule has 2 rings (SSSR count). The predicted octanol–water partition coefficient (Wildman–Crippen LogP) is 1.53. The van der Waals surface area contributed by atoms with E-state index >= 15 is 0 Å². The van der Waals surface area contributed by atoms with Crippen molar-refractivity contribution in [3.8, 4) is 0 Å². The molecule has 0 radical (unpaired) electrons. The molecule has 2 atom stereocenters. The Bertz CT molecular complexity index is 271. The third-order valence-corrected chi connectivity index (χ3v) is 3.20. The first-order valence-electron chi connectivity index (χ1n) is 5.33. The summed E-state index contributed by atoms with van der Waals surface area (Å²) in [5, 5.41) is 9.23. The first-order valence-corrected chi connectivity index (χ1v) is 5.33. The maximum absolute atomic E-state index is 9.23. The predicted molar refractivity (Wildman–Crippen MR) is 56.0 cm³/mol. The zero-order chi connectivity index (χ0) is 9.97. The first kappa shape index (κ1) is 9.74. The SMILES string of the molecule is C[C@@H](c1ccc[nH]1)N1CCC[C@H]1CO. The highest BCUT2D eigenvalue weighted by Gasteiger charge is 2.28. The summed E-state index contributed by atoms with van der Waals surface area (Å²) in [6, 6.07) is 4.88. The van der Waals surface area contributed by atoms with E-state index in [1.165, 1.54) is 12.1 Å². The number of rotatable bonds is 3. The Morgan fingerprint density at radius 3 is 3.21 bits per heavy atom. The highest BCUT2D eigenvalue weighted by molar-refractivity contribution is 5.09. The quantitative estimate of drug-likeness (QED) is 0.766. The van der Waals surface area contributed by atoms with Gasteiger partial charge in [-0.3, -0.25) is 4.90 Å². The maximum atomic E-state index is 9.23. The van der Waals surface area contributed by atoms with E-state index < -0.39 is 0 Å². The minimum absolute atomic E-state index is 0.283. The van der Waals surface area contributed by atoms with Crippen LogP contribution in [0.25, 0.3) is 0 Å². The average Bonchev–Trinajstić information content (AvgIpc) is 2.87. The van der Waals surface area contributed by atoms with Crippen molar-refractivity contribution in [2.45, 2.75) is 31.8 Å². The second-order valence-corrected chi connectivity index (χ2v) is 4.02. The Morgan fingerprint density at radius 1 is 1.71 bits per heavy atom. The number of hydrogen-bond acceptors (Lipinski definition) is 2. The van der Waals surface area contributed by atoms with Crippen LogP contribution in [0.5, 0.6) is 0 Å². The van der Waals surface area contributed by atoms with Crippen LogP contribution < -0.4 is 0 Å². The van der Waals surface area contributed by atoms with Crippen LogP contribution >= 0.6 is 0 Å². The van der Waals surface area contributed by atoms with Gasteiger partial charge in [-0.15, -0.1) is 0 Å². The molecule has 1 aromatic heterocycles. The van der Waals surface area contributed by atoms with E-state index in [4.69, 9.17) is 0 Å². The third-order valence-electron chi connectivity index (χ3n) is 3.20. The molecule has 0 unspecified atom stereocenters. The molecule has 1 aliphatic rings. The zero-order valence-electron chi connectivity index (χ0n) is 8.61. The van der Waals surface area contributed by atoms with Gasteiger partial charge in [0.25, 0.3) is 0 Å². The van der Waals surface area contributed by atoms with Crippen LogP contribution in [0.2, 0.25) is 0 Å². The molecular weight excluding hydrogens is 176 g/mol. The second kappa shape index (κ2) is 4.15. The van der Waals surface area contributed by atoms with Gasteiger partial charge in [0.05, 0.1) is 6.61 Å². The molecule has 2 N–H and O–H groups in total. The lowest BCUT2D eigenvalue weighted by molar-refractivity contribution is 0.124. The highest BCUT2D eigenvalue weighted by atomic mass is 16.3. The molecule has 0 amide bonds. The van der Waals surface area contributed by atoms with Crippen LogP contribution in [0.1, 0.15) is 31.5 Å². The van der Waals surface area contributed by atoms with Crippen LogP contribution in [0.3, 0.4) is 0 Å². The van der Waals surface area contributed by atoms with E-state index in [9.17, 15) is 5.11 Å². The maximum Gasteiger partial charge on any atom is 0.0587 e. The summed E-state index contributed by atoms with van der Waals surface area (Å²) < 4.78 is 0. The van der Waals surface area contributed by atoms with Crippen molar-refractivity contribution in [3.05, 3.63) is 24.0 Å². The summed E-state index contributed by atoms with van der Waals surface area (Å²) in [5.41, 5.74) is 1.24. The summed E-state index contributed by atoms with van der Waals surface area (Å²) in [6.45, 7) is 3.58. The molecule has 0 spiro atoms. The van der Waals surface area contributed by atoms with Crippen molar-refractivity contribution >= 4 is 0 Å². The van der Waals surface area contributed by atoms with Gasteiger partial charge >= 0.3 is 0 Å². The fourth-order valence-corrected chi connectivity index (χ4v) is 2.35. The number of aliphatic hydroxyl groups is 1. The molecule has 1 saturated heterocycles. The monoisotopic (exact) mass is 194 g/mol. The van der Waals surface area contributed by atoms with E-state index in [-0.39, 0.29) is 6.61 Å². The van der Waals surface area contributed by atoms with Gasteiger partial charge in [0.15, 0.2) is 0 Å². The number of aromatic nitrogens is 1. The molecule has 14 heavy (non-hydrogen) atoms. The Hall–Kier alpha value is -0.800. The van der Waals surface area contributed by atoms with Gasteiger partial charge in [-0.25, -0.2) is 0 Å². The van der Waals surface area contributed by atoms with Gasteiger partial charge in [-0.1, -0.05) is 0 Å². The van der Waals surface area contributed by atoms with Crippen LogP contribution in [0, 0.1) is 0 Å². The largest absolute Gasteiger partial charge is 0.395 e. The Balaban J connectivity index is 2.07. The van der Waals surface area contributed by atoms with Crippen LogP contribution in [-0.2, 0) is 0 Å². The molecule has 0 saturated carbocycles. The number of hydrogen-bond donors (Lipinski definition) is 2. The van der Waals surface area contributed by atoms with E-state index in [2.05, 4.69) is 22.9 Å². The zero-order valence-corrected chi connectivity index (χ0v) is 8.61. The van der Waals surface area contributed by atoms with E-state index in [1.807, 2.05) is 12.3 Å². The number of nitrogens with zero attached hydrogens (tertiary/aromatic N) is 1. The Kier molecular flexibility index (Phi) is 2.89. The molecule has 3 heteroatoms. The van der Waals surface area contributed by atoms with Crippen LogP contribution in [-0.4, -0.2) is 34.2 Å². The lowest BCUT2D eigenvalue weighted by Gasteiger charge is -2.28. The van der Waals surface area contributed by atoms with Crippen LogP contribution in [0.15, 0.2) is 18.3 Å². The van der Waals surface area contributed by atoms with Gasteiger partial charge in [-0.2, -0.15) is 0 Å². The second-order valence-electron chi connectivity index (χ2n) is 4.02. The van der Waals surface area contributed by atoms with E-state index in [0.29, 0.717) is 12.1 Å². The standard InChI is InChI=1S/C11H18N2O/c1-9(11-5-2-6-12-11)13-7-3-4-10(13)8-14/h2,5-6,9-10,12,14H,3-4,7-8H2,1H3/t9-,10-/m0/s1. The van der Waals surface area contributed by atoms with Gasteiger partial charge in [0.1, 0.15) is 0 Å². The molecule has 2 heterocycles. The van der Waals surface area contributed by atoms with Gasteiger partial charge in [0.2, 0.25) is 0 Å². The summed E-state index contributed by atoms with van der Waals surface area (Å²) in [6.07, 6.45) is 4.29. The Morgan fingerprint density at radius 2 is 2.57 bits per heavy atom. The number of H-pyrrole nitrogens is 1. The van der Waals surface area contributed by atoms with Gasteiger partial charge in [0, 0.05) is 24.0 Å². The van der Waals surface area contributed by atoms with Gasteiger partial charge < -0.3 is 10.1 Å². The molecule has 3 nitrogen and oxygen atoms in total. The smallest absolute Gasteiger partial charge is 0.0587 e. The normalized spacial score (nSPS) is 25.4. The topological polar surface area (TPSA) is 39.3 Å². The van der Waals surface area contributed by atoms with Crippen LogP contribution in [0.4, 0.5) is 0 Å². The van der Waals surface area contributed by atoms with Crippen molar-refractivity contribution in [1.82, 2.24) is 9.88 Å². The van der Waals surface area contributed by atoms with Crippen molar-refractivity contribution in [3.63, 3.8) is 0 Å². The fraction of sp³-hybridized carbons (Fsp3) is 0.636. The highest BCUT2D eigenvalue weighted by Crippen LogP contribution is 2.27. The van der Waals surface area contributed by atoms with Crippen molar-refractivity contribution in [2.24, 2.45) is 0 Å². The fourth-order valence-electron chi connectivity index (χ4n) is 2.35. The lowest BCUT2D eigenvalue weighted by atomic mass is 10.1. The van der Waals surface area contributed by atoms with E-state index in [0.717, 1.165) is 13.0 Å². The lowest BCUT2D eigenvalue weighted by Crippen LogP contribution is -2.34. The summed E-state index contributed by atoms with van der Waals surface area (Å²) in [7, 11) is 0. The summed E-state index contributed by atoms with van der Waals surface area (Å²) >= 11 is 0. The minimum atomic E-state index is 0.283. The molecule has 1 aliphatic heterocycles. The summed E-state index contributed by atoms with van der Waals surface area (Å²) in [4.78, 5) is 5.62. The van der Waals surface area contributed by atoms with E-state index in [1.54, 1.807) is 0 Å². The molecular formula is C11H18N2O. The van der Waals surface area contributed by atoms with Crippen molar-refractivity contribution in [1.29, 1.82) is 0 Å². The molecule has 78 valence electrons. The molecule has 1 aromatic rings. The number of nitrogens with one attached hydrogen (secondary N) is 1. The van der Waals surface area contributed by atoms with Crippen molar-refractivity contribution < 1.29 is 5.11 Å². The number of likely N-dealkylation sites (tertiary alicyclic amines) is 1. The number of aromatic amines is 1. The molecule has 0 aliphatic carbocycles. The first-order chi connectivity index (χ1) is 6.83. The number of aliphatic hydroxyl groups excluding tert-OH is 1. The van der Waals surface area contributed by atoms with Gasteiger partial charge in [-0.05, 0) is 38.4 Å². The average molecular weight is 194 g/mol. The van der Waals surface area contributed by atoms with Crippen molar-refractivity contribution in [2.75, 3.05) is 13.2 Å². The Labute approximate surface area is 84.7 Å². The minimum Gasteiger partial charge on any atom is -0.395 e. The third kappa shape index (κ3) is 1.70. The molecule has 0 bridgehead atoms. The molecule has 1 fully saturated rings. The molecule has 0 aromatic carbocycles.